The van der Waals surface area contributed by atoms with Crippen molar-refractivity contribution in [3.8, 4) is 0 Å². The van der Waals surface area contributed by atoms with Crippen LogP contribution in [0.5, 0.6) is 0 Å². The number of guanidine groups is 1. The Bertz CT molecular complexity index is 514. The van der Waals surface area contributed by atoms with E-state index in [1.165, 1.54) is 13.1 Å². The lowest BCUT2D eigenvalue weighted by atomic mass is 10.1. The van der Waals surface area contributed by atoms with E-state index in [1.807, 2.05) is 30.3 Å². The molecule has 0 saturated carbocycles. The first-order valence-corrected chi connectivity index (χ1v) is 9.92. The smallest absolute Gasteiger partial charge is 0.191 e. The molecule has 6 heteroatoms. The summed E-state index contributed by atoms with van der Waals surface area (Å²) in [5.41, 5.74) is 0.951. The van der Waals surface area contributed by atoms with Gasteiger partial charge < -0.3 is 20.6 Å². The van der Waals surface area contributed by atoms with Crippen LogP contribution in [0.15, 0.2) is 35.3 Å². The van der Waals surface area contributed by atoms with Crippen molar-refractivity contribution in [2.24, 2.45) is 4.99 Å². The zero-order chi connectivity index (χ0) is 18.6. The molecule has 3 N–H and O–H groups in total. The molecule has 0 bridgehead atoms. The highest BCUT2D eigenvalue weighted by atomic mass is 16.3. The van der Waals surface area contributed by atoms with E-state index in [0.717, 1.165) is 50.8 Å². The standard InChI is InChI=1S/C20H35N5O/c1-3-21-20(22-11-10-19(26)18-8-6-5-7-9-18)23-12-13-25-16-14-24(4-2)15-17-25/h5-9,19,26H,3-4,10-17H2,1-2H3,(H2,21,22,23). The lowest BCUT2D eigenvalue weighted by Crippen LogP contribution is -2.49. The molecule has 1 heterocycles. The molecule has 0 aliphatic carbocycles. The van der Waals surface area contributed by atoms with E-state index in [0.29, 0.717) is 13.0 Å². The molecule has 0 spiro atoms. The van der Waals surface area contributed by atoms with Crippen molar-refractivity contribution in [1.82, 2.24) is 20.4 Å². The zero-order valence-electron chi connectivity index (χ0n) is 16.3. The summed E-state index contributed by atoms with van der Waals surface area (Å²) in [6.07, 6.45) is 0.164. The van der Waals surface area contributed by atoms with Crippen molar-refractivity contribution in [1.29, 1.82) is 0 Å². The number of nitrogens with one attached hydrogen (secondary N) is 2. The van der Waals surface area contributed by atoms with Crippen molar-refractivity contribution in [2.45, 2.75) is 26.4 Å². The molecule has 1 saturated heterocycles. The Labute approximate surface area is 158 Å². The van der Waals surface area contributed by atoms with E-state index in [-0.39, 0.29) is 0 Å². The maximum absolute atomic E-state index is 10.2. The summed E-state index contributed by atoms with van der Waals surface area (Å²) in [7, 11) is 0. The Morgan fingerprint density at radius 2 is 1.77 bits per heavy atom. The van der Waals surface area contributed by atoms with Gasteiger partial charge in [-0.1, -0.05) is 37.3 Å². The summed E-state index contributed by atoms with van der Waals surface area (Å²) in [5, 5.41) is 16.9. The second-order valence-corrected chi connectivity index (χ2v) is 6.68. The fourth-order valence-electron chi connectivity index (χ4n) is 3.14. The van der Waals surface area contributed by atoms with Gasteiger partial charge in [0, 0.05) is 52.4 Å². The number of benzene rings is 1. The van der Waals surface area contributed by atoms with Crippen molar-refractivity contribution < 1.29 is 5.11 Å². The van der Waals surface area contributed by atoms with Gasteiger partial charge in [0.1, 0.15) is 0 Å². The Balaban J connectivity index is 1.69. The number of piperazine rings is 1. The second-order valence-electron chi connectivity index (χ2n) is 6.68. The van der Waals surface area contributed by atoms with Crippen molar-refractivity contribution in [3.05, 3.63) is 35.9 Å². The molecular weight excluding hydrogens is 326 g/mol. The van der Waals surface area contributed by atoms with E-state index in [2.05, 4.69) is 39.3 Å². The van der Waals surface area contributed by atoms with Gasteiger partial charge >= 0.3 is 0 Å². The van der Waals surface area contributed by atoms with Gasteiger partial charge in [-0.3, -0.25) is 9.89 Å². The summed E-state index contributed by atoms with van der Waals surface area (Å²) >= 11 is 0. The monoisotopic (exact) mass is 361 g/mol. The predicted octanol–water partition coefficient (Wildman–Crippen LogP) is 1.30. The van der Waals surface area contributed by atoms with Gasteiger partial charge in [-0.15, -0.1) is 0 Å². The molecule has 0 radical (unpaired) electrons. The van der Waals surface area contributed by atoms with Crippen molar-refractivity contribution >= 4 is 5.96 Å². The molecule has 1 aromatic rings. The number of hydrogen-bond donors (Lipinski definition) is 3. The molecule has 26 heavy (non-hydrogen) atoms. The maximum atomic E-state index is 10.2. The number of aliphatic hydroxyl groups excluding tert-OH is 1. The number of likely N-dealkylation sites (N-methyl/N-ethyl adjacent to an activating group) is 1. The molecule has 2 rings (SSSR count). The highest BCUT2D eigenvalue weighted by Gasteiger charge is 2.14. The molecule has 1 aromatic carbocycles. The van der Waals surface area contributed by atoms with Crippen LogP contribution in [0.3, 0.4) is 0 Å². The largest absolute Gasteiger partial charge is 0.388 e. The quantitative estimate of drug-likeness (QED) is 0.457. The van der Waals surface area contributed by atoms with Crippen molar-refractivity contribution in [2.75, 3.05) is 58.9 Å². The van der Waals surface area contributed by atoms with Gasteiger partial charge in [-0.2, -0.15) is 0 Å². The molecule has 1 aliphatic heterocycles. The molecule has 1 atom stereocenters. The Kier molecular flexibility index (Phi) is 9.45. The molecule has 0 amide bonds. The first-order chi connectivity index (χ1) is 12.7. The van der Waals surface area contributed by atoms with E-state index in [9.17, 15) is 5.11 Å². The highest BCUT2D eigenvalue weighted by Crippen LogP contribution is 2.15. The van der Waals surface area contributed by atoms with Crippen LogP contribution >= 0.6 is 0 Å². The van der Waals surface area contributed by atoms with Gasteiger partial charge in [0.2, 0.25) is 0 Å². The minimum Gasteiger partial charge on any atom is -0.388 e. The van der Waals surface area contributed by atoms with Crippen LogP contribution < -0.4 is 10.6 Å². The van der Waals surface area contributed by atoms with Crippen LogP contribution in [-0.2, 0) is 0 Å². The molecule has 146 valence electrons. The Morgan fingerprint density at radius 3 is 2.42 bits per heavy atom. The van der Waals surface area contributed by atoms with Crippen LogP contribution in [0.25, 0.3) is 0 Å². The first-order valence-electron chi connectivity index (χ1n) is 9.92. The van der Waals surface area contributed by atoms with E-state index in [4.69, 9.17) is 0 Å². The highest BCUT2D eigenvalue weighted by molar-refractivity contribution is 5.79. The summed E-state index contributed by atoms with van der Waals surface area (Å²) in [5.74, 6) is 0.833. The van der Waals surface area contributed by atoms with Crippen LogP contribution in [0.1, 0.15) is 31.9 Å². The number of rotatable bonds is 9. The minimum absolute atomic E-state index is 0.460. The third-order valence-electron chi connectivity index (χ3n) is 4.83. The molecule has 6 nitrogen and oxygen atoms in total. The average Bonchev–Trinajstić information content (AvgIpc) is 2.69. The fourth-order valence-corrected chi connectivity index (χ4v) is 3.14. The lowest BCUT2D eigenvalue weighted by molar-refractivity contribution is 0.139. The predicted molar refractivity (Wildman–Crippen MR) is 109 cm³/mol. The molecule has 1 fully saturated rings. The van der Waals surface area contributed by atoms with Gasteiger partial charge in [-0.05, 0) is 25.5 Å². The molecule has 1 unspecified atom stereocenters. The topological polar surface area (TPSA) is 63.1 Å². The van der Waals surface area contributed by atoms with Gasteiger partial charge in [0.25, 0.3) is 0 Å². The van der Waals surface area contributed by atoms with Gasteiger partial charge in [0.15, 0.2) is 5.96 Å². The SMILES string of the molecule is CCNC(=NCCC(O)c1ccccc1)NCCN1CCN(CC)CC1. The first kappa shape index (κ1) is 20.7. The summed E-state index contributed by atoms with van der Waals surface area (Å²) in [4.78, 5) is 9.59. The third kappa shape index (κ3) is 7.32. The molecule has 1 aliphatic rings. The normalized spacial score (nSPS) is 17.9. The van der Waals surface area contributed by atoms with E-state index in [1.54, 1.807) is 0 Å². The molecule has 0 aromatic heterocycles. The average molecular weight is 362 g/mol. The van der Waals surface area contributed by atoms with E-state index >= 15 is 0 Å². The van der Waals surface area contributed by atoms with Crippen LogP contribution in [0.2, 0.25) is 0 Å². The second kappa shape index (κ2) is 11.9. The number of aliphatic hydroxyl groups is 1. The number of aliphatic imine (C=N–C) groups is 1. The number of hydrogen-bond acceptors (Lipinski definition) is 4. The van der Waals surface area contributed by atoms with E-state index < -0.39 is 6.10 Å². The van der Waals surface area contributed by atoms with Gasteiger partial charge in [-0.25, -0.2) is 0 Å². The van der Waals surface area contributed by atoms with Crippen LogP contribution in [-0.4, -0.2) is 79.8 Å². The summed E-state index contributed by atoms with van der Waals surface area (Å²) in [6, 6.07) is 9.78. The van der Waals surface area contributed by atoms with Crippen LogP contribution in [0.4, 0.5) is 0 Å². The maximum Gasteiger partial charge on any atom is 0.191 e. The lowest BCUT2D eigenvalue weighted by Gasteiger charge is -2.34. The van der Waals surface area contributed by atoms with Crippen molar-refractivity contribution in [3.63, 3.8) is 0 Å². The number of nitrogens with zero attached hydrogens (tertiary/aromatic N) is 3. The minimum atomic E-state index is -0.460. The zero-order valence-corrected chi connectivity index (χ0v) is 16.3. The Morgan fingerprint density at radius 1 is 1.08 bits per heavy atom. The van der Waals surface area contributed by atoms with Crippen LogP contribution in [0, 0.1) is 0 Å². The fraction of sp³-hybridized carbons (Fsp3) is 0.650. The van der Waals surface area contributed by atoms with Gasteiger partial charge in [0.05, 0.1) is 6.10 Å². The summed E-state index contributed by atoms with van der Waals surface area (Å²) < 4.78 is 0. The Hall–Kier alpha value is -1.63. The third-order valence-corrected chi connectivity index (χ3v) is 4.83. The summed E-state index contributed by atoms with van der Waals surface area (Å²) in [6.45, 7) is 13.4. The molecular formula is C20H35N5O.